The van der Waals surface area contributed by atoms with Crippen molar-refractivity contribution in [2.75, 3.05) is 12.8 Å². The van der Waals surface area contributed by atoms with E-state index in [9.17, 15) is 9.36 Å². The molecular weight excluding hydrogens is 293 g/mol. The molecule has 126 valence electrons. The summed E-state index contributed by atoms with van der Waals surface area (Å²) in [7, 11) is -4.30. The molecule has 0 saturated heterocycles. The number of unbranched alkanes of at least 4 members (excludes halogenated alkanes) is 9. The van der Waals surface area contributed by atoms with Gasteiger partial charge in [-0.15, -0.1) is 0 Å². The zero-order valence-corrected chi connectivity index (χ0v) is 13.9. The van der Waals surface area contributed by atoms with E-state index in [0.29, 0.717) is 6.61 Å². The lowest BCUT2D eigenvalue weighted by Gasteiger charge is -2.06. The Labute approximate surface area is 127 Å². The highest BCUT2D eigenvalue weighted by Gasteiger charge is 2.18. The summed E-state index contributed by atoms with van der Waals surface area (Å²) in [4.78, 5) is 33.0. The minimum atomic E-state index is -4.30. The van der Waals surface area contributed by atoms with Crippen LogP contribution in [0.5, 0.6) is 0 Å². The third-order valence-corrected chi connectivity index (χ3v) is 3.83. The van der Waals surface area contributed by atoms with E-state index in [1.807, 2.05) is 5.48 Å². The van der Waals surface area contributed by atoms with Gasteiger partial charge in [-0.05, 0) is 6.42 Å². The van der Waals surface area contributed by atoms with Crippen LogP contribution in [-0.4, -0.2) is 28.5 Å². The molecule has 0 atom stereocenters. The third-order valence-electron chi connectivity index (χ3n) is 3.14. The molecule has 0 aromatic rings. The normalized spacial score (nSPS) is 11.6. The number of carbonyl (C=O) groups is 1. The fourth-order valence-corrected chi connectivity index (χ4v) is 2.45. The molecule has 0 radical (unpaired) electrons. The first kappa shape index (κ1) is 20.6. The van der Waals surface area contributed by atoms with E-state index in [2.05, 4.69) is 6.92 Å². The lowest BCUT2D eigenvalue weighted by atomic mass is 10.1. The summed E-state index contributed by atoms with van der Waals surface area (Å²) in [6.45, 7) is 2.60. The monoisotopic (exact) mass is 323 g/mol. The molecule has 0 aliphatic rings. The molecule has 0 aromatic heterocycles. The molecule has 0 bridgehead atoms. The molecule has 0 spiro atoms. The molecule has 1 amide bonds. The minimum Gasteiger partial charge on any atom is -0.324 e. The Hall–Kier alpha value is -0.420. The van der Waals surface area contributed by atoms with Crippen LogP contribution < -0.4 is 5.48 Å². The molecule has 0 rings (SSSR count). The van der Waals surface area contributed by atoms with Gasteiger partial charge in [-0.3, -0.25) is 14.2 Å². The van der Waals surface area contributed by atoms with Crippen LogP contribution in [0.25, 0.3) is 0 Å². The summed E-state index contributed by atoms with van der Waals surface area (Å²) in [5, 5.41) is 0. The molecule has 0 unspecified atom stereocenters. The van der Waals surface area contributed by atoms with Gasteiger partial charge in [-0.2, -0.15) is 0 Å². The van der Waals surface area contributed by atoms with Crippen molar-refractivity contribution in [3.05, 3.63) is 0 Å². The van der Waals surface area contributed by atoms with Crippen LogP contribution >= 0.6 is 7.60 Å². The fraction of sp³-hybridized carbons (Fsp3) is 0.929. The summed E-state index contributed by atoms with van der Waals surface area (Å²) in [6, 6.07) is 0. The maximum absolute atomic E-state index is 11.0. The minimum absolute atomic E-state index is 0.378. The quantitative estimate of drug-likeness (QED) is 0.259. The summed E-state index contributed by atoms with van der Waals surface area (Å²) in [5.74, 6) is -0.782. The maximum atomic E-state index is 11.0. The van der Waals surface area contributed by atoms with Crippen LogP contribution in [-0.2, 0) is 14.2 Å². The number of rotatable bonds is 14. The summed E-state index contributed by atoms with van der Waals surface area (Å²) < 4.78 is 10.5. The number of nitrogens with one attached hydrogen (secondary N) is 1. The van der Waals surface area contributed by atoms with Crippen LogP contribution in [0.4, 0.5) is 0 Å². The maximum Gasteiger partial charge on any atom is 0.334 e. The summed E-state index contributed by atoms with van der Waals surface area (Å²) >= 11 is 0. The number of amides is 1. The summed E-state index contributed by atoms with van der Waals surface area (Å²) in [6.07, 6.45) is 11.3. The summed E-state index contributed by atoms with van der Waals surface area (Å²) in [5.41, 5.74) is 2.04. The Morgan fingerprint density at radius 2 is 1.43 bits per heavy atom. The van der Waals surface area contributed by atoms with E-state index < -0.39 is 19.7 Å². The van der Waals surface area contributed by atoms with Crippen LogP contribution in [0.15, 0.2) is 0 Å². The molecular formula is C14H30NO5P. The van der Waals surface area contributed by atoms with Crippen molar-refractivity contribution in [2.24, 2.45) is 0 Å². The van der Waals surface area contributed by atoms with E-state index in [1.165, 1.54) is 44.9 Å². The van der Waals surface area contributed by atoms with Crippen LogP contribution in [0.3, 0.4) is 0 Å². The second-order valence-electron chi connectivity index (χ2n) is 5.38. The molecule has 0 aromatic carbocycles. The van der Waals surface area contributed by atoms with Gasteiger partial charge >= 0.3 is 7.60 Å². The van der Waals surface area contributed by atoms with Crippen molar-refractivity contribution in [2.45, 2.75) is 71.1 Å². The van der Waals surface area contributed by atoms with Gasteiger partial charge in [0, 0.05) is 0 Å². The first-order chi connectivity index (χ1) is 9.95. The average molecular weight is 323 g/mol. The van der Waals surface area contributed by atoms with Gasteiger partial charge in [0.15, 0.2) is 0 Å². The van der Waals surface area contributed by atoms with Crippen molar-refractivity contribution in [1.29, 1.82) is 0 Å². The topological polar surface area (TPSA) is 95.9 Å². The molecule has 0 aliphatic heterocycles. The van der Waals surface area contributed by atoms with Crippen molar-refractivity contribution in [1.82, 2.24) is 5.48 Å². The Kier molecular flexibility index (Phi) is 13.0. The van der Waals surface area contributed by atoms with Crippen LogP contribution in [0.2, 0.25) is 0 Å². The molecule has 0 fully saturated rings. The van der Waals surface area contributed by atoms with Gasteiger partial charge in [0.2, 0.25) is 0 Å². The van der Waals surface area contributed by atoms with Gasteiger partial charge in [0.05, 0.1) is 6.61 Å². The molecule has 0 heterocycles. The van der Waals surface area contributed by atoms with Crippen molar-refractivity contribution in [3.63, 3.8) is 0 Å². The largest absolute Gasteiger partial charge is 0.334 e. The van der Waals surface area contributed by atoms with Crippen LogP contribution in [0.1, 0.15) is 71.1 Å². The molecule has 6 nitrogen and oxygen atoms in total. The van der Waals surface area contributed by atoms with E-state index in [1.54, 1.807) is 0 Å². The van der Waals surface area contributed by atoms with E-state index in [0.717, 1.165) is 19.3 Å². The average Bonchev–Trinajstić information content (AvgIpc) is 2.38. The van der Waals surface area contributed by atoms with Crippen LogP contribution in [0, 0.1) is 0 Å². The molecule has 3 N–H and O–H groups in total. The standard InChI is InChI=1S/C14H30NO5P/c1-2-3-4-5-6-7-8-9-10-11-12-20-15-14(16)13-21(17,18)19/h2-13H2,1H3,(H,15,16)(H2,17,18,19). The first-order valence-electron chi connectivity index (χ1n) is 7.91. The highest BCUT2D eigenvalue weighted by molar-refractivity contribution is 7.52. The highest BCUT2D eigenvalue weighted by atomic mass is 31.2. The molecule has 0 saturated carbocycles. The van der Waals surface area contributed by atoms with Gasteiger partial charge in [-0.1, -0.05) is 64.7 Å². The van der Waals surface area contributed by atoms with Gasteiger partial charge in [0.1, 0.15) is 6.16 Å². The fourth-order valence-electron chi connectivity index (χ4n) is 2.01. The number of hydrogen-bond acceptors (Lipinski definition) is 3. The molecule has 0 aliphatic carbocycles. The Balaban J connectivity index is 3.19. The predicted molar refractivity (Wildman–Crippen MR) is 82.8 cm³/mol. The number of hydroxylamine groups is 1. The zero-order chi connectivity index (χ0) is 16.0. The zero-order valence-electron chi connectivity index (χ0n) is 13.1. The Morgan fingerprint density at radius 1 is 0.952 bits per heavy atom. The second kappa shape index (κ2) is 13.3. The smallest absolute Gasteiger partial charge is 0.324 e. The van der Waals surface area contributed by atoms with Gasteiger partial charge < -0.3 is 9.79 Å². The lowest BCUT2D eigenvalue weighted by Crippen LogP contribution is -2.27. The number of hydrogen-bond donors (Lipinski definition) is 3. The van der Waals surface area contributed by atoms with Crippen molar-refractivity contribution < 1.29 is 24.0 Å². The van der Waals surface area contributed by atoms with Gasteiger partial charge in [0.25, 0.3) is 5.91 Å². The Bertz CT molecular complexity index is 306. The number of carbonyl (C=O) groups excluding carboxylic acids is 1. The Morgan fingerprint density at radius 3 is 1.90 bits per heavy atom. The van der Waals surface area contributed by atoms with E-state index >= 15 is 0 Å². The van der Waals surface area contributed by atoms with E-state index in [4.69, 9.17) is 14.6 Å². The van der Waals surface area contributed by atoms with Crippen molar-refractivity contribution >= 4 is 13.5 Å². The second-order valence-corrected chi connectivity index (χ2v) is 7.02. The molecule has 7 heteroatoms. The molecule has 21 heavy (non-hydrogen) atoms. The van der Waals surface area contributed by atoms with Gasteiger partial charge in [-0.25, -0.2) is 5.48 Å². The van der Waals surface area contributed by atoms with Crippen molar-refractivity contribution in [3.8, 4) is 0 Å². The van der Waals surface area contributed by atoms with E-state index in [-0.39, 0.29) is 0 Å². The predicted octanol–water partition coefficient (Wildman–Crippen LogP) is 3.13. The third kappa shape index (κ3) is 17.5. The highest BCUT2D eigenvalue weighted by Crippen LogP contribution is 2.33. The SMILES string of the molecule is CCCCCCCCCCCCONC(=O)CP(=O)(O)O. The first-order valence-corrected chi connectivity index (χ1v) is 9.70. The lowest BCUT2D eigenvalue weighted by molar-refractivity contribution is -0.131.